The Kier molecular flexibility index (Phi) is 2.28. The highest BCUT2D eigenvalue weighted by Crippen LogP contribution is 2.40. The molecule has 0 aliphatic carbocycles. The molecule has 0 saturated carbocycles. The maximum atomic E-state index is 3.69. The van der Waals surface area contributed by atoms with Gasteiger partial charge in [-0.2, -0.15) is 0 Å². The SMILES string of the molecule is C[C@@H]1CCN2CCc3c([nH]c4ccccc34)[C@@H]2C1. The summed E-state index contributed by atoms with van der Waals surface area (Å²) in [7, 11) is 0. The number of rotatable bonds is 0. The summed E-state index contributed by atoms with van der Waals surface area (Å²) >= 11 is 0. The van der Waals surface area contributed by atoms with Crippen molar-refractivity contribution >= 4 is 10.9 Å². The molecule has 0 amide bonds. The van der Waals surface area contributed by atoms with E-state index < -0.39 is 0 Å². The van der Waals surface area contributed by atoms with E-state index in [1.54, 1.807) is 5.56 Å². The van der Waals surface area contributed by atoms with Crippen LogP contribution in [-0.2, 0) is 6.42 Å². The van der Waals surface area contributed by atoms with Crippen molar-refractivity contribution in [3.63, 3.8) is 0 Å². The van der Waals surface area contributed by atoms with E-state index in [1.807, 2.05) is 0 Å². The van der Waals surface area contributed by atoms with Gasteiger partial charge in [0.2, 0.25) is 0 Å². The fraction of sp³-hybridized carbons (Fsp3) is 0.500. The summed E-state index contributed by atoms with van der Waals surface area (Å²) in [6, 6.07) is 9.42. The Balaban J connectivity index is 1.86. The third-order valence-electron chi connectivity index (χ3n) is 4.80. The molecule has 94 valence electrons. The minimum atomic E-state index is 0.643. The van der Waals surface area contributed by atoms with Crippen LogP contribution in [0, 0.1) is 5.92 Å². The predicted molar refractivity (Wildman–Crippen MR) is 74.7 cm³/mol. The molecule has 1 aromatic heterocycles. The van der Waals surface area contributed by atoms with E-state index in [0.717, 1.165) is 5.92 Å². The molecule has 2 aliphatic heterocycles. The Bertz CT molecular complexity index is 584. The molecule has 1 saturated heterocycles. The third kappa shape index (κ3) is 1.45. The molecular formula is C16H20N2. The molecule has 2 heteroatoms. The van der Waals surface area contributed by atoms with Crippen molar-refractivity contribution in [2.45, 2.75) is 32.2 Å². The van der Waals surface area contributed by atoms with Gasteiger partial charge in [0.15, 0.2) is 0 Å². The normalized spacial score (nSPS) is 28.1. The summed E-state index contributed by atoms with van der Waals surface area (Å²) in [5, 5.41) is 1.45. The average Bonchev–Trinajstić information content (AvgIpc) is 2.78. The molecule has 18 heavy (non-hydrogen) atoms. The standard InChI is InChI=1S/C16H20N2/c1-11-6-8-18-9-7-13-12-4-2-3-5-14(12)17-16(13)15(18)10-11/h2-5,11,15,17H,6-10H2,1H3/t11-,15+/m1/s1. The highest BCUT2D eigenvalue weighted by molar-refractivity contribution is 5.85. The van der Waals surface area contributed by atoms with Gasteiger partial charge in [-0.1, -0.05) is 25.1 Å². The first kappa shape index (κ1) is 10.6. The summed E-state index contributed by atoms with van der Waals surface area (Å²) in [5.41, 5.74) is 4.41. The Morgan fingerprint density at radius 1 is 1.22 bits per heavy atom. The van der Waals surface area contributed by atoms with E-state index in [-0.39, 0.29) is 0 Å². The zero-order valence-electron chi connectivity index (χ0n) is 10.9. The quantitative estimate of drug-likeness (QED) is 0.746. The van der Waals surface area contributed by atoms with Crippen LogP contribution in [-0.4, -0.2) is 23.0 Å². The van der Waals surface area contributed by atoms with Crippen LogP contribution in [0.4, 0.5) is 0 Å². The second kappa shape index (κ2) is 3.86. The predicted octanol–water partition coefficient (Wildman–Crippen LogP) is 3.50. The molecule has 2 atom stereocenters. The number of para-hydroxylation sites is 1. The lowest BCUT2D eigenvalue weighted by atomic mass is 9.86. The van der Waals surface area contributed by atoms with Crippen molar-refractivity contribution in [3.8, 4) is 0 Å². The third-order valence-corrected chi connectivity index (χ3v) is 4.80. The van der Waals surface area contributed by atoms with Gasteiger partial charge in [0.05, 0.1) is 6.04 Å². The molecule has 4 rings (SSSR count). The minimum Gasteiger partial charge on any atom is -0.357 e. The van der Waals surface area contributed by atoms with Gasteiger partial charge in [-0.15, -0.1) is 0 Å². The number of nitrogens with one attached hydrogen (secondary N) is 1. The fourth-order valence-electron chi connectivity index (χ4n) is 3.79. The van der Waals surface area contributed by atoms with E-state index in [9.17, 15) is 0 Å². The average molecular weight is 240 g/mol. The van der Waals surface area contributed by atoms with Gasteiger partial charge in [-0.25, -0.2) is 0 Å². The Morgan fingerprint density at radius 2 is 2.11 bits per heavy atom. The van der Waals surface area contributed by atoms with Crippen molar-refractivity contribution in [3.05, 3.63) is 35.5 Å². The molecule has 1 aromatic carbocycles. The molecular weight excluding hydrogens is 220 g/mol. The Morgan fingerprint density at radius 3 is 3.06 bits per heavy atom. The highest BCUT2D eigenvalue weighted by atomic mass is 15.2. The fourth-order valence-corrected chi connectivity index (χ4v) is 3.79. The van der Waals surface area contributed by atoms with Crippen LogP contribution in [0.2, 0.25) is 0 Å². The van der Waals surface area contributed by atoms with Gasteiger partial charge >= 0.3 is 0 Å². The van der Waals surface area contributed by atoms with Crippen LogP contribution in [0.25, 0.3) is 10.9 Å². The van der Waals surface area contributed by atoms with Crippen LogP contribution >= 0.6 is 0 Å². The van der Waals surface area contributed by atoms with Gasteiger partial charge in [0.25, 0.3) is 0 Å². The van der Waals surface area contributed by atoms with Crippen LogP contribution in [0.1, 0.15) is 37.1 Å². The Labute approximate surface area is 108 Å². The first-order valence-electron chi connectivity index (χ1n) is 7.16. The minimum absolute atomic E-state index is 0.643. The number of H-pyrrole nitrogens is 1. The maximum absolute atomic E-state index is 3.69. The molecule has 1 N–H and O–H groups in total. The maximum Gasteiger partial charge on any atom is 0.0504 e. The Hall–Kier alpha value is -1.28. The number of nitrogens with zero attached hydrogens (tertiary/aromatic N) is 1. The smallest absolute Gasteiger partial charge is 0.0504 e. The van der Waals surface area contributed by atoms with Crippen LogP contribution < -0.4 is 0 Å². The number of fused-ring (bicyclic) bond motifs is 5. The second-order valence-electron chi connectivity index (χ2n) is 5.99. The van der Waals surface area contributed by atoms with E-state index in [1.165, 1.54) is 48.9 Å². The molecule has 0 unspecified atom stereocenters. The van der Waals surface area contributed by atoms with E-state index in [2.05, 4.69) is 41.1 Å². The number of hydrogen-bond donors (Lipinski definition) is 1. The molecule has 3 heterocycles. The van der Waals surface area contributed by atoms with E-state index in [0.29, 0.717) is 6.04 Å². The molecule has 0 spiro atoms. The summed E-state index contributed by atoms with van der Waals surface area (Å²) in [4.78, 5) is 6.37. The number of hydrogen-bond acceptors (Lipinski definition) is 1. The summed E-state index contributed by atoms with van der Waals surface area (Å²) in [5.74, 6) is 0.864. The highest BCUT2D eigenvalue weighted by Gasteiger charge is 2.33. The zero-order chi connectivity index (χ0) is 12.1. The van der Waals surface area contributed by atoms with Crippen molar-refractivity contribution < 1.29 is 0 Å². The summed E-state index contributed by atoms with van der Waals surface area (Å²) in [6.07, 6.45) is 3.90. The van der Waals surface area contributed by atoms with Gasteiger partial charge in [0, 0.05) is 23.1 Å². The van der Waals surface area contributed by atoms with Crippen molar-refractivity contribution in [2.75, 3.05) is 13.1 Å². The van der Waals surface area contributed by atoms with Gasteiger partial charge in [-0.3, -0.25) is 4.90 Å². The summed E-state index contributed by atoms with van der Waals surface area (Å²) in [6.45, 7) is 4.92. The van der Waals surface area contributed by atoms with Gasteiger partial charge < -0.3 is 4.98 Å². The monoisotopic (exact) mass is 240 g/mol. The second-order valence-corrected chi connectivity index (χ2v) is 5.99. The molecule has 1 fully saturated rings. The van der Waals surface area contributed by atoms with E-state index in [4.69, 9.17) is 0 Å². The number of aromatic nitrogens is 1. The molecule has 0 radical (unpaired) electrons. The first-order valence-corrected chi connectivity index (χ1v) is 7.16. The molecule has 2 nitrogen and oxygen atoms in total. The van der Waals surface area contributed by atoms with Crippen molar-refractivity contribution in [2.24, 2.45) is 5.92 Å². The van der Waals surface area contributed by atoms with Gasteiger partial charge in [0.1, 0.15) is 0 Å². The molecule has 2 aromatic rings. The lowest BCUT2D eigenvalue weighted by Crippen LogP contribution is -2.40. The summed E-state index contributed by atoms with van der Waals surface area (Å²) < 4.78 is 0. The lowest BCUT2D eigenvalue weighted by molar-refractivity contribution is 0.107. The largest absolute Gasteiger partial charge is 0.357 e. The lowest BCUT2D eigenvalue weighted by Gasteiger charge is -2.41. The van der Waals surface area contributed by atoms with Crippen LogP contribution in [0.3, 0.4) is 0 Å². The molecule has 0 bridgehead atoms. The van der Waals surface area contributed by atoms with E-state index >= 15 is 0 Å². The molecule has 2 aliphatic rings. The van der Waals surface area contributed by atoms with Crippen LogP contribution in [0.15, 0.2) is 24.3 Å². The topological polar surface area (TPSA) is 19.0 Å². The number of aromatic amines is 1. The van der Waals surface area contributed by atoms with Crippen molar-refractivity contribution in [1.29, 1.82) is 0 Å². The van der Waals surface area contributed by atoms with Crippen molar-refractivity contribution in [1.82, 2.24) is 9.88 Å². The zero-order valence-corrected chi connectivity index (χ0v) is 10.9. The van der Waals surface area contributed by atoms with Crippen LogP contribution in [0.5, 0.6) is 0 Å². The number of piperidine rings is 1. The first-order chi connectivity index (χ1) is 8.83. The number of benzene rings is 1. The van der Waals surface area contributed by atoms with Gasteiger partial charge in [-0.05, 0) is 43.4 Å².